The van der Waals surface area contributed by atoms with Gasteiger partial charge in [0.05, 0.1) is 5.56 Å². The lowest BCUT2D eigenvalue weighted by molar-refractivity contribution is 0.311. The number of hydrogen-bond acceptors (Lipinski definition) is 5. The van der Waals surface area contributed by atoms with Gasteiger partial charge in [-0.1, -0.05) is 41.9 Å². The van der Waals surface area contributed by atoms with Gasteiger partial charge in [0.25, 0.3) is 0 Å². The van der Waals surface area contributed by atoms with Crippen molar-refractivity contribution in [3.63, 3.8) is 0 Å². The zero-order chi connectivity index (χ0) is 21.7. The Balaban J connectivity index is 1.76. The number of nitrogens with zero attached hydrogens (tertiary/aromatic N) is 4. The molecule has 0 spiro atoms. The summed E-state index contributed by atoms with van der Waals surface area (Å²) >= 11 is 6.38. The van der Waals surface area contributed by atoms with E-state index >= 15 is 8.78 Å². The van der Waals surface area contributed by atoms with Crippen molar-refractivity contribution < 1.29 is 13.9 Å². The monoisotopic (exact) mass is 440 g/mol. The maximum Gasteiger partial charge on any atom is 0.316 e. The minimum absolute atomic E-state index is 0.123. The van der Waals surface area contributed by atoms with Gasteiger partial charge in [0, 0.05) is 42.0 Å². The van der Waals surface area contributed by atoms with Crippen molar-refractivity contribution in [3.8, 4) is 17.1 Å². The summed E-state index contributed by atoms with van der Waals surface area (Å²) in [6.07, 6.45) is 0. The van der Waals surface area contributed by atoms with Gasteiger partial charge in [-0.2, -0.15) is 9.97 Å². The molecular formula is C23H19ClF2N4O. The molecule has 5 nitrogen and oxygen atoms in total. The van der Waals surface area contributed by atoms with E-state index in [0.717, 1.165) is 18.5 Å². The van der Waals surface area contributed by atoms with Crippen LogP contribution in [-0.4, -0.2) is 53.2 Å². The average Bonchev–Trinajstić information content (AvgIpc) is 2.75. The number of piperazine rings is 1. The zero-order valence-corrected chi connectivity index (χ0v) is 17.5. The van der Waals surface area contributed by atoms with Gasteiger partial charge in [0.15, 0.2) is 5.82 Å². The van der Waals surface area contributed by atoms with Crippen LogP contribution in [0.25, 0.3) is 32.8 Å². The second-order valence-corrected chi connectivity index (χ2v) is 8.13. The van der Waals surface area contributed by atoms with Crippen molar-refractivity contribution in [2.75, 3.05) is 38.1 Å². The summed E-state index contributed by atoms with van der Waals surface area (Å²) in [5.41, 5.74) is -0.0187. The summed E-state index contributed by atoms with van der Waals surface area (Å²) in [7, 11) is 2.01. The predicted octanol–water partition coefficient (Wildman–Crippen LogP) is 4.84. The van der Waals surface area contributed by atoms with Crippen LogP contribution >= 0.6 is 11.6 Å². The molecule has 2 heterocycles. The molecule has 1 aliphatic heterocycles. The highest BCUT2D eigenvalue weighted by atomic mass is 35.5. The van der Waals surface area contributed by atoms with E-state index in [1.165, 1.54) is 6.07 Å². The van der Waals surface area contributed by atoms with Crippen LogP contribution < -0.4 is 4.90 Å². The van der Waals surface area contributed by atoms with Gasteiger partial charge in [-0.15, -0.1) is 0 Å². The molecule has 1 saturated heterocycles. The van der Waals surface area contributed by atoms with Crippen molar-refractivity contribution in [3.05, 3.63) is 59.1 Å². The van der Waals surface area contributed by atoms with Crippen molar-refractivity contribution in [1.82, 2.24) is 14.9 Å². The van der Waals surface area contributed by atoms with Crippen molar-refractivity contribution >= 4 is 39.1 Å². The van der Waals surface area contributed by atoms with Gasteiger partial charge in [0.1, 0.15) is 17.2 Å². The molecule has 4 aromatic rings. The van der Waals surface area contributed by atoms with Crippen molar-refractivity contribution in [2.24, 2.45) is 0 Å². The number of halogens is 3. The Kier molecular flexibility index (Phi) is 4.87. The number of aromatic hydroxyl groups is 1. The summed E-state index contributed by atoms with van der Waals surface area (Å²) in [6.45, 7) is 2.82. The molecule has 0 aliphatic carbocycles. The molecule has 5 rings (SSSR count). The summed E-state index contributed by atoms with van der Waals surface area (Å²) in [5, 5.41) is 12.1. The van der Waals surface area contributed by atoms with Gasteiger partial charge in [0.2, 0.25) is 0 Å². The Labute approximate surface area is 182 Å². The molecule has 0 radical (unpaired) electrons. The molecule has 8 heteroatoms. The third-order valence-corrected chi connectivity index (χ3v) is 6.09. The van der Waals surface area contributed by atoms with E-state index in [1.54, 1.807) is 24.3 Å². The highest BCUT2D eigenvalue weighted by molar-refractivity contribution is 6.36. The fourth-order valence-corrected chi connectivity index (χ4v) is 4.46. The van der Waals surface area contributed by atoms with E-state index in [-0.39, 0.29) is 16.5 Å². The third-order valence-electron chi connectivity index (χ3n) is 5.78. The van der Waals surface area contributed by atoms with Crippen LogP contribution in [0.4, 0.5) is 14.6 Å². The highest BCUT2D eigenvalue weighted by Gasteiger charge is 2.25. The Hall–Kier alpha value is -3.03. The first kappa shape index (κ1) is 19.9. The number of benzene rings is 3. The van der Waals surface area contributed by atoms with Gasteiger partial charge < -0.3 is 14.9 Å². The van der Waals surface area contributed by atoms with Gasteiger partial charge in [-0.3, -0.25) is 0 Å². The zero-order valence-electron chi connectivity index (χ0n) is 16.7. The Morgan fingerprint density at radius 3 is 2.45 bits per heavy atom. The molecule has 1 fully saturated rings. The Morgan fingerprint density at radius 1 is 1.00 bits per heavy atom. The first-order valence-electron chi connectivity index (χ1n) is 9.94. The largest absolute Gasteiger partial charge is 0.479 e. The summed E-state index contributed by atoms with van der Waals surface area (Å²) in [6, 6.07) is 11.2. The topological polar surface area (TPSA) is 52.5 Å². The lowest BCUT2D eigenvalue weighted by atomic mass is 9.96. The number of aromatic nitrogens is 2. The minimum atomic E-state index is -0.851. The van der Waals surface area contributed by atoms with Crippen LogP contribution in [0.1, 0.15) is 0 Å². The molecule has 0 amide bonds. The Morgan fingerprint density at radius 2 is 1.71 bits per heavy atom. The third kappa shape index (κ3) is 3.34. The molecule has 0 unspecified atom stereocenters. The maximum atomic E-state index is 15.8. The molecule has 158 valence electrons. The molecule has 0 saturated carbocycles. The molecular weight excluding hydrogens is 422 g/mol. The first-order chi connectivity index (χ1) is 14.9. The smallest absolute Gasteiger partial charge is 0.316 e. The minimum Gasteiger partial charge on any atom is -0.479 e. The number of anilines is 1. The van der Waals surface area contributed by atoms with Gasteiger partial charge >= 0.3 is 6.01 Å². The highest BCUT2D eigenvalue weighted by Crippen LogP contribution is 2.40. The summed E-state index contributed by atoms with van der Waals surface area (Å²) in [5.74, 6) is -1.26. The lowest BCUT2D eigenvalue weighted by Crippen LogP contribution is -2.44. The molecule has 3 aromatic carbocycles. The van der Waals surface area contributed by atoms with Crippen molar-refractivity contribution in [2.45, 2.75) is 0 Å². The molecule has 1 aromatic heterocycles. The first-order valence-corrected chi connectivity index (χ1v) is 10.3. The molecule has 0 atom stereocenters. The maximum absolute atomic E-state index is 15.8. The van der Waals surface area contributed by atoms with Crippen LogP contribution in [0.5, 0.6) is 6.01 Å². The van der Waals surface area contributed by atoms with Crippen LogP contribution in [0.3, 0.4) is 0 Å². The number of likely N-dealkylation sites (N-methyl/N-ethyl adjacent to an activating group) is 1. The van der Waals surface area contributed by atoms with E-state index in [9.17, 15) is 5.11 Å². The van der Waals surface area contributed by atoms with Crippen molar-refractivity contribution in [1.29, 1.82) is 0 Å². The van der Waals surface area contributed by atoms with E-state index < -0.39 is 17.6 Å². The quantitative estimate of drug-likeness (QED) is 0.483. The fourth-order valence-electron chi connectivity index (χ4n) is 4.18. The van der Waals surface area contributed by atoms with Crippen LogP contribution in [0, 0.1) is 11.6 Å². The standard InChI is InChI=1S/C23H19ClF2N4O/c1-29-8-10-30(11-9-29)22-15-12-17(25)19(20(26)21(15)27-23(31)28-22)14-6-2-4-13-5-3-7-16(24)18(13)14/h2-7,12H,8-11H2,1H3,(H,27,28,31). The average molecular weight is 441 g/mol. The summed E-state index contributed by atoms with van der Waals surface area (Å²) < 4.78 is 31.2. The number of rotatable bonds is 2. The Bertz CT molecular complexity index is 1320. The molecule has 0 bridgehead atoms. The molecule has 31 heavy (non-hydrogen) atoms. The van der Waals surface area contributed by atoms with E-state index in [2.05, 4.69) is 14.9 Å². The van der Waals surface area contributed by atoms with E-state index in [0.29, 0.717) is 34.9 Å². The normalized spacial score (nSPS) is 15.2. The predicted molar refractivity (Wildman–Crippen MR) is 119 cm³/mol. The van der Waals surface area contributed by atoms with Crippen LogP contribution in [0.2, 0.25) is 5.02 Å². The van der Waals surface area contributed by atoms with Gasteiger partial charge in [-0.25, -0.2) is 8.78 Å². The number of hydrogen-bond donors (Lipinski definition) is 1. The van der Waals surface area contributed by atoms with E-state index in [1.807, 2.05) is 24.1 Å². The van der Waals surface area contributed by atoms with Crippen LogP contribution in [-0.2, 0) is 0 Å². The van der Waals surface area contributed by atoms with Crippen LogP contribution in [0.15, 0.2) is 42.5 Å². The molecule has 1 aliphatic rings. The second kappa shape index (κ2) is 7.59. The second-order valence-electron chi connectivity index (χ2n) is 7.72. The lowest BCUT2D eigenvalue weighted by Gasteiger charge is -2.33. The SMILES string of the molecule is CN1CCN(c2nc(O)nc3c(F)c(-c4cccc5cccc(Cl)c45)c(F)cc23)CC1. The fraction of sp³-hybridized carbons (Fsp3) is 0.217. The molecule has 1 N–H and O–H groups in total. The summed E-state index contributed by atoms with van der Waals surface area (Å²) in [4.78, 5) is 12.1. The number of fused-ring (bicyclic) bond motifs is 2. The van der Waals surface area contributed by atoms with Gasteiger partial charge in [-0.05, 0) is 30.1 Å². The van der Waals surface area contributed by atoms with E-state index in [4.69, 9.17) is 11.6 Å².